The number of hydrogen-bond acceptors (Lipinski definition) is 3. The van der Waals surface area contributed by atoms with Crippen LogP contribution in [0.25, 0.3) is 0 Å². The number of phenolic OH excluding ortho intramolecular Hbond substituents is 1. The average Bonchev–Trinajstić information content (AvgIpc) is 2.31. The molecule has 0 saturated heterocycles. The zero-order valence-corrected chi connectivity index (χ0v) is 8.85. The Bertz CT molecular complexity index is 581. The molecule has 0 spiro atoms. The summed E-state index contributed by atoms with van der Waals surface area (Å²) in [6.45, 7) is 0. The van der Waals surface area contributed by atoms with E-state index in [2.05, 4.69) is 0 Å². The molecule has 2 rings (SSSR count). The van der Waals surface area contributed by atoms with Gasteiger partial charge in [0.25, 0.3) is 0 Å². The average molecular weight is 231 g/mol. The maximum absolute atomic E-state index is 13.4. The molecule has 0 aliphatic rings. The van der Waals surface area contributed by atoms with E-state index in [-0.39, 0.29) is 16.9 Å². The molecule has 0 amide bonds. The minimum Gasteiger partial charge on any atom is -0.508 e. The fourth-order valence-electron chi connectivity index (χ4n) is 1.52. The van der Waals surface area contributed by atoms with Crippen molar-refractivity contribution in [1.29, 1.82) is 0 Å². The minimum atomic E-state index is -0.671. The van der Waals surface area contributed by atoms with Gasteiger partial charge in [-0.3, -0.25) is 4.79 Å². The van der Waals surface area contributed by atoms with Crippen molar-refractivity contribution >= 4 is 11.5 Å². The summed E-state index contributed by atoms with van der Waals surface area (Å²) in [5, 5.41) is 9.24. The zero-order valence-electron chi connectivity index (χ0n) is 8.85. The van der Waals surface area contributed by atoms with E-state index in [4.69, 9.17) is 5.73 Å². The van der Waals surface area contributed by atoms with Gasteiger partial charge < -0.3 is 10.8 Å². The Balaban J connectivity index is 2.47. The maximum atomic E-state index is 13.4. The van der Waals surface area contributed by atoms with Crippen LogP contribution in [0, 0.1) is 5.82 Å². The molecule has 0 atom stereocenters. The van der Waals surface area contributed by atoms with Crippen molar-refractivity contribution in [2.24, 2.45) is 0 Å². The summed E-state index contributed by atoms with van der Waals surface area (Å²) in [4.78, 5) is 12.0. The molecule has 3 nitrogen and oxygen atoms in total. The van der Waals surface area contributed by atoms with Gasteiger partial charge in [-0.05, 0) is 30.3 Å². The van der Waals surface area contributed by atoms with Crippen molar-refractivity contribution in [3.63, 3.8) is 0 Å². The Hall–Kier alpha value is -2.36. The summed E-state index contributed by atoms with van der Waals surface area (Å²) < 4.78 is 13.4. The molecule has 0 heterocycles. The van der Waals surface area contributed by atoms with Crippen molar-refractivity contribution in [1.82, 2.24) is 0 Å². The normalized spacial score (nSPS) is 10.2. The predicted octanol–water partition coefficient (Wildman–Crippen LogP) is 2.34. The number of phenols is 1. The molecule has 0 bridgehead atoms. The third-order valence-corrected chi connectivity index (χ3v) is 2.34. The monoisotopic (exact) mass is 231 g/mol. The first-order valence-electron chi connectivity index (χ1n) is 4.96. The van der Waals surface area contributed by atoms with Crippen LogP contribution in [0.4, 0.5) is 10.1 Å². The third kappa shape index (κ3) is 2.25. The number of halogens is 1. The van der Waals surface area contributed by atoms with Gasteiger partial charge in [-0.15, -0.1) is 0 Å². The first-order valence-corrected chi connectivity index (χ1v) is 4.96. The SMILES string of the molecule is Nc1cccc(C(=O)c2cc(O)ccc2F)c1. The van der Waals surface area contributed by atoms with E-state index >= 15 is 0 Å². The number of anilines is 1. The number of carbonyl (C=O) groups excluding carboxylic acids is 1. The Kier molecular flexibility index (Phi) is 2.78. The molecule has 2 aromatic carbocycles. The highest BCUT2D eigenvalue weighted by Crippen LogP contribution is 2.19. The van der Waals surface area contributed by atoms with Gasteiger partial charge in [0.05, 0.1) is 5.56 Å². The third-order valence-electron chi connectivity index (χ3n) is 2.34. The molecule has 4 heteroatoms. The van der Waals surface area contributed by atoms with Crippen LogP contribution in [-0.4, -0.2) is 10.9 Å². The summed E-state index contributed by atoms with van der Waals surface area (Å²) in [7, 11) is 0. The summed E-state index contributed by atoms with van der Waals surface area (Å²) in [6.07, 6.45) is 0. The van der Waals surface area contributed by atoms with Gasteiger partial charge in [0.15, 0.2) is 5.78 Å². The summed E-state index contributed by atoms with van der Waals surface area (Å²) in [6, 6.07) is 9.59. The van der Waals surface area contributed by atoms with Crippen molar-refractivity contribution in [3.05, 3.63) is 59.4 Å². The number of nitrogen functional groups attached to an aromatic ring is 1. The fourth-order valence-corrected chi connectivity index (χ4v) is 1.52. The molecule has 0 aliphatic heterocycles. The summed E-state index contributed by atoms with van der Waals surface area (Å²) >= 11 is 0. The van der Waals surface area contributed by atoms with Crippen molar-refractivity contribution in [2.75, 3.05) is 5.73 Å². The molecular weight excluding hydrogens is 221 g/mol. The van der Waals surface area contributed by atoms with Crippen LogP contribution in [0.15, 0.2) is 42.5 Å². The van der Waals surface area contributed by atoms with E-state index in [1.807, 2.05) is 0 Å². The Morgan fingerprint density at radius 1 is 1.18 bits per heavy atom. The van der Waals surface area contributed by atoms with Crippen LogP contribution in [0.1, 0.15) is 15.9 Å². The molecular formula is C13H10FNO2. The molecule has 0 unspecified atom stereocenters. The van der Waals surface area contributed by atoms with E-state index in [0.717, 1.165) is 12.1 Å². The summed E-state index contributed by atoms with van der Waals surface area (Å²) in [5.41, 5.74) is 6.09. The molecule has 3 N–H and O–H groups in total. The lowest BCUT2D eigenvalue weighted by molar-refractivity contribution is 0.103. The Morgan fingerprint density at radius 2 is 1.94 bits per heavy atom. The van der Waals surface area contributed by atoms with Gasteiger partial charge in [-0.25, -0.2) is 4.39 Å². The van der Waals surface area contributed by atoms with Crippen LogP contribution in [-0.2, 0) is 0 Å². The molecule has 86 valence electrons. The molecule has 0 aromatic heterocycles. The van der Waals surface area contributed by atoms with Crippen LogP contribution < -0.4 is 5.73 Å². The van der Waals surface area contributed by atoms with Crippen molar-refractivity contribution in [2.45, 2.75) is 0 Å². The number of nitrogens with two attached hydrogens (primary N) is 1. The number of rotatable bonds is 2. The lowest BCUT2D eigenvalue weighted by atomic mass is 10.0. The first kappa shape index (κ1) is 11.1. The van der Waals surface area contributed by atoms with E-state index in [1.54, 1.807) is 18.2 Å². The zero-order chi connectivity index (χ0) is 12.4. The quantitative estimate of drug-likeness (QED) is 0.616. The Labute approximate surface area is 97.3 Å². The topological polar surface area (TPSA) is 63.3 Å². The molecule has 0 fully saturated rings. The Morgan fingerprint density at radius 3 is 2.65 bits per heavy atom. The van der Waals surface area contributed by atoms with Crippen molar-refractivity contribution < 1.29 is 14.3 Å². The van der Waals surface area contributed by atoms with Gasteiger partial charge >= 0.3 is 0 Å². The van der Waals surface area contributed by atoms with Crippen molar-refractivity contribution in [3.8, 4) is 5.75 Å². The number of ketones is 1. The lowest BCUT2D eigenvalue weighted by Crippen LogP contribution is -2.04. The molecule has 17 heavy (non-hydrogen) atoms. The fraction of sp³-hybridized carbons (Fsp3) is 0. The number of aromatic hydroxyl groups is 1. The first-order chi connectivity index (χ1) is 8.08. The number of benzene rings is 2. The molecule has 2 aromatic rings. The molecule has 0 aliphatic carbocycles. The number of hydrogen-bond donors (Lipinski definition) is 2. The minimum absolute atomic E-state index is 0.154. The van der Waals surface area contributed by atoms with Crippen LogP contribution in [0.5, 0.6) is 5.75 Å². The largest absolute Gasteiger partial charge is 0.508 e. The second-order valence-corrected chi connectivity index (χ2v) is 3.62. The van der Waals surface area contributed by atoms with Gasteiger partial charge in [-0.1, -0.05) is 12.1 Å². The second kappa shape index (κ2) is 4.25. The predicted molar refractivity (Wildman–Crippen MR) is 62.4 cm³/mol. The standard InChI is InChI=1S/C13H10FNO2/c14-12-5-4-10(16)7-11(12)13(17)8-2-1-3-9(15)6-8/h1-7,16H,15H2. The van der Waals surface area contributed by atoms with Gasteiger partial charge in [-0.2, -0.15) is 0 Å². The molecule has 0 saturated carbocycles. The van der Waals surface area contributed by atoms with Gasteiger partial charge in [0.1, 0.15) is 11.6 Å². The molecule has 0 radical (unpaired) electrons. The summed E-state index contributed by atoms with van der Waals surface area (Å²) in [5.74, 6) is -1.33. The highest BCUT2D eigenvalue weighted by Gasteiger charge is 2.14. The maximum Gasteiger partial charge on any atom is 0.196 e. The highest BCUT2D eigenvalue weighted by atomic mass is 19.1. The van der Waals surface area contributed by atoms with Crippen LogP contribution in [0.2, 0.25) is 0 Å². The smallest absolute Gasteiger partial charge is 0.196 e. The van der Waals surface area contributed by atoms with Gasteiger partial charge in [0.2, 0.25) is 0 Å². The lowest BCUT2D eigenvalue weighted by Gasteiger charge is -2.04. The van der Waals surface area contributed by atoms with Crippen LogP contribution >= 0.6 is 0 Å². The van der Waals surface area contributed by atoms with E-state index < -0.39 is 11.6 Å². The van der Waals surface area contributed by atoms with Crippen LogP contribution in [0.3, 0.4) is 0 Å². The highest BCUT2D eigenvalue weighted by molar-refractivity contribution is 6.09. The second-order valence-electron chi connectivity index (χ2n) is 3.62. The van der Waals surface area contributed by atoms with E-state index in [9.17, 15) is 14.3 Å². The van der Waals surface area contributed by atoms with Gasteiger partial charge in [0, 0.05) is 11.3 Å². The number of carbonyl (C=O) groups is 1. The van der Waals surface area contributed by atoms with E-state index in [0.29, 0.717) is 5.69 Å². The van der Waals surface area contributed by atoms with E-state index in [1.165, 1.54) is 12.1 Å².